The van der Waals surface area contributed by atoms with Gasteiger partial charge in [0.05, 0.1) is 13.2 Å². The van der Waals surface area contributed by atoms with Crippen molar-refractivity contribution in [3.8, 4) is 0 Å². The maximum atomic E-state index is 12.2. The third kappa shape index (κ3) is 6.92. The van der Waals surface area contributed by atoms with Gasteiger partial charge >= 0.3 is 12.1 Å². The van der Waals surface area contributed by atoms with Crippen molar-refractivity contribution in [2.24, 2.45) is 0 Å². The van der Waals surface area contributed by atoms with Gasteiger partial charge in [0.1, 0.15) is 5.60 Å². The van der Waals surface area contributed by atoms with Crippen molar-refractivity contribution in [1.29, 1.82) is 0 Å². The van der Waals surface area contributed by atoms with Gasteiger partial charge in [0.25, 0.3) is 0 Å². The molecule has 1 saturated heterocycles. The standard InChI is InChI=1S/C19H29N3O4/c1-14(20-18(24)26-19(2,3)4)13-15-5-7-16(8-6-15)21-17(23)22-9-11-25-12-10-22/h5-8,14H,9-13H2,1-4H3,(H,20,24)(H,21,23). The van der Waals surface area contributed by atoms with Crippen molar-refractivity contribution in [1.82, 2.24) is 10.2 Å². The summed E-state index contributed by atoms with van der Waals surface area (Å²) < 4.78 is 10.5. The Balaban J connectivity index is 1.81. The molecule has 0 aliphatic carbocycles. The summed E-state index contributed by atoms with van der Waals surface area (Å²) >= 11 is 0. The lowest BCUT2D eigenvalue weighted by Gasteiger charge is -2.27. The first-order chi connectivity index (χ1) is 12.2. The number of nitrogens with zero attached hydrogens (tertiary/aromatic N) is 1. The second kappa shape index (κ2) is 8.89. The number of benzene rings is 1. The first kappa shape index (κ1) is 20.0. The van der Waals surface area contributed by atoms with E-state index in [0.29, 0.717) is 32.7 Å². The molecule has 2 N–H and O–H groups in total. The highest BCUT2D eigenvalue weighted by Gasteiger charge is 2.18. The molecule has 144 valence electrons. The Labute approximate surface area is 155 Å². The monoisotopic (exact) mass is 363 g/mol. The molecule has 26 heavy (non-hydrogen) atoms. The van der Waals surface area contributed by atoms with Gasteiger partial charge in [-0.2, -0.15) is 0 Å². The summed E-state index contributed by atoms with van der Waals surface area (Å²) in [6.07, 6.45) is 0.260. The minimum absolute atomic E-state index is 0.0568. The number of alkyl carbamates (subject to hydrolysis) is 1. The molecule has 0 bridgehead atoms. The van der Waals surface area contributed by atoms with Crippen LogP contribution in [0.1, 0.15) is 33.3 Å². The van der Waals surface area contributed by atoms with E-state index in [-0.39, 0.29) is 12.1 Å². The summed E-state index contributed by atoms with van der Waals surface area (Å²) in [6, 6.07) is 7.46. The maximum absolute atomic E-state index is 12.2. The molecule has 0 spiro atoms. The van der Waals surface area contributed by atoms with Crippen LogP contribution in [0, 0.1) is 0 Å². The number of amides is 3. The highest BCUT2D eigenvalue weighted by molar-refractivity contribution is 5.89. The summed E-state index contributed by atoms with van der Waals surface area (Å²) in [5.74, 6) is 0. The summed E-state index contributed by atoms with van der Waals surface area (Å²) in [4.78, 5) is 25.7. The SMILES string of the molecule is CC(Cc1ccc(NC(=O)N2CCOCC2)cc1)NC(=O)OC(C)(C)C. The fraction of sp³-hybridized carbons (Fsp3) is 0.579. The molecule has 3 amide bonds. The number of carbonyl (C=O) groups excluding carboxylic acids is 2. The van der Waals surface area contributed by atoms with Crippen LogP contribution in [-0.2, 0) is 15.9 Å². The fourth-order valence-corrected chi connectivity index (χ4v) is 2.61. The first-order valence-electron chi connectivity index (χ1n) is 8.95. The highest BCUT2D eigenvalue weighted by Crippen LogP contribution is 2.13. The van der Waals surface area contributed by atoms with Crippen molar-refractivity contribution in [3.63, 3.8) is 0 Å². The Morgan fingerprint density at radius 2 is 1.81 bits per heavy atom. The Kier molecular flexibility index (Phi) is 6.85. The smallest absolute Gasteiger partial charge is 0.407 e. The molecule has 7 nitrogen and oxygen atoms in total. The van der Waals surface area contributed by atoms with E-state index in [1.165, 1.54) is 0 Å². The van der Waals surface area contributed by atoms with Gasteiger partial charge in [-0.3, -0.25) is 0 Å². The third-order valence-electron chi connectivity index (χ3n) is 3.81. The van der Waals surface area contributed by atoms with Gasteiger partial charge in [0.2, 0.25) is 0 Å². The van der Waals surface area contributed by atoms with Gasteiger partial charge in [0, 0.05) is 24.8 Å². The van der Waals surface area contributed by atoms with Gasteiger partial charge in [-0.05, 0) is 51.8 Å². The Morgan fingerprint density at radius 1 is 1.19 bits per heavy atom. The highest BCUT2D eigenvalue weighted by atomic mass is 16.6. The van der Waals surface area contributed by atoms with Crippen LogP contribution in [0.25, 0.3) is 0 Å². The van der Waals surface area contributed by atoms with E-state index in [1.54, 1.807) is 4.90 Å². The number of ether oxygens (including phenoxy) is 2. The number of carbonyl (C=O) groups is 2. The Bertz CT molecular complexity index is 604. The lowest BCUT2D eigenvalue weighted by Crippen LogP contribution is -2.43. The minimum Gasteiger partial charge on any atom is -0.444 e. The molecule has 1 atom stereocenters. The molecule has 1 unspecified atom stereocenters. The molecule has 0 radical (unpaired) electrons. The predicted molar refractivity (Wildman–Crippen MR) is 100 cm³/mol. The number of rotatable bonds is 4. The molecule has 2 rings (SSSR count). The minimum atomic E-state index is -0.510. The van der Waals surface area contributed by atoms with Crippen LogP contribution in [0.5, 0.6) is 0 Å². The average Bonchev–Trinajstić information content (AvgIpc) is 2.55. The summed E-state index contributed by atoms with van der Waals surface area (Å²) in [5, 5.41) is 5.72. The van der Waals surface area contributed by atoms with Crippen LogP contribution in [0.4, 0.5) is 15.3 Å². The van der Waals surface area contributed by atoms with Crippen LogP contribution in [0.2, 0.25) is 0 Å². The van der Waals surface area contributed by atoms with Crippen LogP contribution in [0.3, 0.4) is 0 Å². The van der Waals surface area contributed by atoms with Crippen molar-refractivity contribution >= 4 is 17.8 Å². The van der Waals surface area contributed by atoms with Crippen molar-refractivity contribution in [2.75, 3.05) is 31.6 Å². The zero-order chi connectivity index (χ0) is 19.2. The largest absolute Gasteiger partial charge is 0.444 e. The Morgan fingerprint density at radius 3 is 2.38 bits per heavy atom. The van der Waals surface area contributed by atoms with Crippen molar-refractivity contribution < 1.29 is 19.1 Å². The molecule has 0 aromatic heterocycles. The molecule has 7 heteroatoms. The molecule has 1 aliphatic heterocycles. The zero-order valence-electron chi connectivity index (χ0n) is 16.0. The number of nitrogens with one attached hydrogen (secondary N) is 2. The van der Waals surface area contributed by atoms with Gasteiger partial charge in [-0.15, -0.1) is 0 Å². The van der Waals surface area contributed by atoms with E-state index in [0.717, 1.165) is 11.3 Å². The fourth-order valence-electron chi connectivity index (χ4n) is 2.61. The van der Waals surface area contributed by atoms with Crippen LogP contribution in [0.15, 0.2) is 24.3 Å². The van der Waals surface area contributed by atoms with Gasteiger partial charge in [-0.1, -0.05) is 12.1 Å². The second-order valence-electron chi connectivity index (χ2n) is 7.48. The van der Waals surface area contributed by atoms with E-state index < -0.39 is 11.7 Å². The molecule has 1 heterocycles. The molecule has 1 aromatic rings. The van der Waals surface area contributed by atoms with E-state index in [1.807, 2.05) is 52.0 Å². The van der Waals surface area contributed by atoms with Crippen LogP contribution < -0.4 is 10.6 Å². The number of urea groups is 1. The topological polar surface area (TPSA) is 79.9 Å². The van der Waals surface area contributed by atoms with Crippen LogP contribution >= 0.6 is 0 Å². The van der Waals surface area contributed by atoms with Gasteiger partial charge < -0.3 is 25.0 Å². The predicted octanol–water partition coefficient (Wildman–Crippen LogP) is 3.01. The zero-order valence-corrected chi connectivity index (χ0v) is 16.0. The second-order valence-corrected chi connectivity index (χ2v) is 7.48. The number of hydrogen-bond acceptors (Lipinski definition) is 4. The normalized spacial score (nSPS) is 15.9. The van der Waals surface area contributed by atoms with Gasteiger partial charge in [-0.25, -0.2) is 9.59 Å². The molecule has 1 fully saturated rings. The molecular weight excluding hydrogens is 334 g/mol. The summed E-state index contributed by atoms with van der Waals surface area (Å²) in [7, 11) is 0. The van der Waals surface area contributed by atoms with Crippen molar-refractivity contribution in [3.05, 3.63) is 29.8 Å². The molecule has 1 aliphatic rings. The number of anilines is 1. The molecule has 0 saturated carbocycles. The maximum Gasteiger partial charge on any atom is 0.407 e. The van der Waals surface area contributed by atoms with E-state index in [9.17, 15) is 9.59 Å². The number of hydrogen-bond donors (Lipinski definition) is 2. The van der Waals surface area contributed by atoms with Crippen LogP contribution in [-0.4, -0.2) is 55.0 Å². The van der Waals surface area contributed by atoms with E-state index in [4.69, 9.17) is 9.47 Å². The van der Waals surface area contributed by atoms with Crippen molar-refractivity contribution in [2.45, 2.75) is 45.8 Å². The third-order valence-corrected chi connectivity index (χ3v) is 3.81. The first-order valence-corrected chi connectivity index (χ1v) is 8.95. The van der Waals surface area contributed by atoms with Gasteiger partial charge in [0.15, 0.2) is 0 Å². The molecule has 1 aromatic carbocycles. The Hall–Kier alpha value is -2.28. The van der Waals surface area contributed by atoms with E-state index in [2.05, 4.69) is 10.6 Å². The average molecular weight is 363 g/mol. The summed E-state index contributed by atoms with van der Waals surface area (Å²) in [6.45, 7) is 9.81. The summed E-state index contributed by atoms with van der Waals surface area (Å²) in [5.41, 5.74) is 1.31. The lowest BCUT2D eigenvalue weighted by molar-refractivity contribution is 0.0508. The molecular formula is C19H29N3O4. The lowest BCUT2D eigenvalue weighted by atomic mass is 10.1. The van der Waals surface area contributed by atoms with E-state index >= 15 is 0 Å². The number of morpholine rings is 1. The quantitative estimate of drug-likeness (QED) is 0.862.